The van der Waals surface area contributed by atoms with Gasteiger partial charge in [0.1, 0.15) is 11.4 Å². The summed E-state index contributed by atoms with van der Waals surface area (Å²) in [5, 5.41) is 14.9. The third-order valence-corrected chi connectivity index (χ3v) is 3.72. The molecule has 1 unspecified atom stereocenters. The first kappa shape index (κ1) is 15.7. The molecule has 0 aromatic heterocycles. The maximum absolute atomic E-state index is 13.3. The van der Waals surface area contributed by atoms with Gasteiger partial charge in [0.15, 0.2) is 5.84 Å². The molecule has 0 spiro atoms. The lowest BCUT2D eigenvalue weighted by atomic mass is 10.0. The monoisotopic (exact) mass is 297 g/mol. The number of halogens is 1. The number of nitrogens with one attached hydrogen (secondary N) is 1. The molecule has 1 aliphatic heterocycles. The summed E-state index contributed by atoms with van der Waals surface area (Å²) in [5.74, 6) is -0.546. The Morgan fingerprint density at radius 2 is 2.43 bits per heavy atom. The number of nitrogens with zero attached hydrogens (tertiary/aromatic N) is 1. The van der Waals surface area contributed by atoms with E-state index in [1.807, 2.05) is 0 Å². The van der Waals surface area contributed by atoms with Crippen LogP contribution in [-0.2, 0) is 16.0 Å². The average molecular weight is 297 g/mol. The molecule has 0 radical (unpaired) electrons. The third-order valence-electron chi connectivity index (χ3n) is 3.72. The van der Waals surface area contributed by atoms with Crippen molar-refractivity contribution in [3.63, 3.8) is 0 Å². The van der Waals surface area contributed by atoms with Gasteiger partial charge in [0.05, 0.1) is 6.61 Å². The zero-order valence-electron chi connectivity index (χ0n) is 11.9. The summed E-state index contributed by atoms with van der Waals surface area (Å²) in [4.78, 5) is 0. The molecule has 0 saturated carbocycles. The Kier molecular flexibility index (Phi) is 5.11. The first-order chi connectivity index (χ1) is 10.1. The number of amidine groups is 1. The van der Waals surface area contributed by atoms with Gasteiger partial charge in [-0.2, -0.15) is 0 Å². The number of hydrogen-bond acceptors (Lipinski definition) is 5. The Morgan fingerprint density at radius 3 is 3.05 bits per heavy atom. The molecule has 1 fully saturated rings. The number of benzene rings is 1. The van der Waals surface area contributed by atoms with Crippen LogP contribution in [0.1, 0.15) is 17.5 Å². The molecule has 0 bridgehead atoms. The lowest BCUT2D eigenvalue weighted by molar-refractivity contribution is -0.0159. The molecular weight excluding hydrogens is 277 g/mol. The van der Waals surface area contributed by atoms with Crippen LogP contribution in [0, 0.1) is 5.82 Å². The number of hydrogen-bond donors (Lipinski definition) is 3. The van der Waals surface area contributed by atoms with E-state index in [0.717, 1.165) is 12.0 Å². The fourth-order valence-electron chi connectivity index (χ4n) is 2.38. The van der Waals surface area contributed by atoms with Crippen molar-refractivity contribution in [2.45, 2.75) is 18.6 Å². The smallest absolute Gasteiger partial charge is 0.170 e. The van der Waals surface area contributed by atoms with Crippen molar-refractivity contribution in [1.82, 2.24) is 5.32 Å². The van der Waals surface area contributed by atoms with E-state index in [0.29, 0.717) is 31.9 Å². The molecule has 0 aliphatic carbocycles. The Morgan fingerprint density at radius 1 is 1.62 bits per heavy atom. The highest BCUT2D eigenvalue weighted by molar-refractivity contribution is 5.98. The maximum atomic E-state index is 13.3. The van der Waals surface area contributed by atoms with E-state index in [-0.39, 0.29) is 11.4 Å². The van der Waals surface area contributed by atoms with E-state index < -0.39 is 5.82 Å². The molecule has 1 aromatic carbocycles. The Labute approximate surface area is 122 Å². The molecule has 21 heavy (non-hydrogen) atoms. The quantitative estimate of drug-likeness (QED) is 0.313. The van der Waals surface area contributed by atoms with E-state index in [2.05, 4.69) is 10.5 Å². The zero-order valence-corrected chi connectivity index (χ0v) is 11.9. The van der Waals surface area contributed by atoms with E-state index in [9.17, 15) is 4.39 Å². The summed E-state index contributed by atoms with van der Waals surface area (Å²) in [6.45, 7) is 2.29. The minimum Gasteiger partial charge on any atom is -0.409 e. The SMILES string of the molecule is COC1(CNCc2ccc(F)cc2/C(N)=N/O)CCOC1. The fraction of sp³-hybridized carbons (Fsp3) is 0.500. The van der Waals surface area contributed by atoms with Crippen LogP contribution in [0.25, 0.3) is 0 Å². The molecule has 1 saturated heterocycles. The van der Waals surface area contributed by atoms with Gasteiger partial charge in [-0.15, -0.1) is 0 Å². The number of rotatable bonds is 6. The molecule has 116 valence electrons. The zero-order chi connectivity index (χ0) is 15.3. The molecule has 1 heterocycles. The average Bonchev–Trinajstić information content (AvgIpc) is 2.97. The van der Waals surface area contributed by atoms with Crippen LogP contribution in [0.5, 0.6) is 0 Å². The van der Waals surface area contributed by atoms with Crippen molar-refractivity contribution in [3.8, 4) is 0 Å². The minimum atomic E-state index is -0.432. The standard InChI is InChI=1S/C14H20FN3O3/c1-20-14(4-5-21-9-14)8-17-7-10-2-3-11(15)6-12(10)13(16)18-19/h2-3,6,17,19H,4-5,7-9H2,1H3,(H2,16,18). The maximum Gasteiger partial charge on any atom is 0.170 e. The third kappa shape index (κ3) is 3.69. The molecule has 7 heteroatoms. The summed E-state index contributed by atoms with van der Waals surface area (Å²) >= 11 is 0. The minimum absolute atomic E-state index is 0.114. The van der Waals surface area contributed by atoms with Crippen molar-refractivity contribution < 1.29 is 19.1 Å². The Balaban J connectivity index is 2.03. The molecule has 6 nitrogen and oxygen atoms in total. The van der Waals surface area contributed by atoms with Crippen molar-refractivity contribution in [2.24, 2.45) is 10.9 Å². The van der Waals surface area contributed by atoms with Crippen LogP contribution in [-0.4, -0.2) is 43.5 Å². The van der Waals surface area contributed by atoms with Gasteiger partial charge >= 0.3 is 0 Å². The van der Waals surface area contributed by atoms with Gasteiger partial charge in [-0.3, -0.25) is 0 Å². The molecular formula is C14H20FN3O3. The lowest BCUT2D eigenvalue weighted by Gasteiger charge is -2.26. The van der Waals surface area contributed by atoms with Gasteiger partial charge in [0, 0.05) is 38.8 Å². The van der Waals surface area contributed by atoms with Crippen LogP contribution >= 0.6 is 0 Å². The van der Waals surface area contributed by atoms with Crippen LogP contribution in [0.4, 0.5) is 4.39 Å². The van der Waals surface area contributed by atoms with Gasteiger partial charge in [-0.1, -0.05) is 11.2 Å². The molecule has 0 amide bonds. The van der Waals surface area contributed by atoms with Crippen LogP contribution in [0.3, 0.4) is 0 Å². The van der Waals surface area contributed by atoms with Crippen molar-refractivity contribution in [1.29, 1.82) is 0 Å². The summed E-state index contributed by atoms with van der Waals surface area (Å²) < 4.78 is 24.2. The summed E-state index contributed by atoms with van der Waals surface area (Å²) in [6, 6.07) is 4.20. The number of nitrogens with two attached hydrogens (primary N) is 1. The normalized spacial score (nSPS) is 22.7. The molecule has 1 atom stereocenters. The summed E-state index contributed by atoms with van der Waals surface area (Å²) in [7, 11) is 1.66. The molecule has 1 aliphatic rings. The molecule has 1 aromatic rings. The van der Waals surface area contributed by atoms with Gasteiger partial charge in [0.25, 0.3) is 0 Å². The second-order valence-electron chi connectivity index (χ2n) is 5.08. The van der Waals surface area contributed by atoms with Crippen LogP contribution < -0.4 is 11.1 Å². The number of methoxy groups -OCH3 is 1. The highest BCUT2D eigenvalue weighted by atomic mass is 19.1. The highest BCUT2D eigenvalue weighted by Gasteiger charge is 2.34. The second-order valence-corrected chi connectivity index (χ2v) is 5.08. The van der Waals surface area contributed by atoms with Crippen LogP contribution in [0.2, 0.25) is 0 Å². The van der Waals surface area contributed by atoms with Gasteiger partial charge in [-0.05, 0) is 17.7 Å². The Bertz CT molecular complexity index is 516. The second kappa shape index (κ2) is 6.84. The number of ether oxygens (including phenoxy) is 2. The predicted molar refractivity (Wildman–Crippen MR) is 75.8 cm³/mol. The van der Waals surface area contributed by atoms with Gasteiger partial charge < -0.3 is 25.7 Å². The van der Waals surface area contributed by atoms with Gasteiger partial charge in [0.2, 0.25) is 0 Å². The van der Waals surface area contributed by atoms with E-state index >= 15 is 0 Å². The molecule has 2 rings (SSSR count). The van der Waals surface area contributed by atoms with Gasteiger partial charge in [-0.25, -0.2) is 4.39 Å². The predicted octanol–water partition coefficient (Wildman–Crippen LogP) is 0.815. The van der Waals surface area contributed by atoms with Crippen LogP contribution in [0.15, 0.2) is 23.4 Å². The Hall–Kier alpha value is -1.70. The number of oxime groups is 1. The topological polar surface area (TPSA) is 89.1 Å². The first-order valence-corrected chi connectivity index (χ1v) is 6.70. The molecule has 4 N–H and O–H groups in total. The first-order valence-electron chi connectivity index (χ1n) is 6.70. The van der Waals surface area contributed by atoms with E-state index in [1.54, 1.807) is 13.2 Å². The fourth-order valence-corrected chi connectivity index (χ4v) is 2.38. The van der Waals surface area contributed by atoms with E-state index in [4.69, 9.17) is 20.4 Å². The highest BCUT2D eigenvalue weighted by Crippen LogP contribution is 2.21. The van der Waals surface area contributed by atoms with E-state index in [1.165, 1.54) is 12.1 Å². The van der Waals surface area contributed by atoms with Crippen molar-refractivity contribution >= 4 is 5.84 Å². The lowest BCUT2D eigenvalue weighted by Crippen LogP contribution is -2.42. The van der Waals surface area contributed by atoms with Crippen molar-refractivity contribution in [3.05, 3.63) is 35.1 Å². The summed E-state index contributed by atoms with van der Waals surface area (Å²) in [6.07, 6.45) is 0.826. The largest absolute Gasteiger partial charge is 0.409 e. The summed E-state index contributed by atoms with van der Waals surface area (Å²) in [5.41, 5.74) is 6.37. The van der Waals surface area contributed by atoms with Crippen molar-refractivity contribution in [2.75, 3.05) is 26.9 Å².